The maximum Gasteiger partial charge on any atom is 0.311 e. The number of nitrogens with zero attached hydrogens (tertiary/aromatic N) is 2. The Balaban J connectivity index is 2.11. The molecule has 148 valence electrons. The van der Waals surface area contributed by atoms with Gasteiger partial charge >= 0.3 is 5.69 Å². The van der Waals surface area contributed by atoms with Gasteiger partial charge in [-0.15, -0.1) is 0 Å². The van der Waals surface area contributed by atoms with Crippen molar-refractivity contribution < 1.29 is 19.2 Å². The van der Waals surface area contributed by atoms with Gasteiger partial charge in [0.2, 0.25) is 5.91 Å². The molecular weight excluding hydrogens is 362 g/mol. The molecule has 0 aliphatic rings. The third-order valence-electron chi connectivity index (χ3n) is 4.10. The van der Waals surface area contributed by atoms with Crippen molar-refractivity contribution in [2.45, 2.75) is 20.8 Å². The molecule has 0 atom stereocenters. The van der Waals surface area contributed by atoms with Crippen LogP contribution in [0, 0.1) is 24.0 Å². The molecule has 0 aliphatic heterocycles. The lowest BCUT2D eigenvalue weighted by atomic mass is 10.1. The van der Waals surface area contributed by atoms with E-state index in [1.54, 1.807) is 6.92 Å². The van der Waals surface area contributed by atoms with Crippen LogP contribution in [-0.2, 0) is 4.79 Å². The Bertz CT molecular complexity index is 911. The molecule has 0 radical (unpaired) electrons. The smallest absolute Gasteiger partial charge is 0.311 e. The summed E-state index contributed by atoms with van der Waals surface area (Å²) in [5.74, 6) is -0.758. The zero-order chi connectivity index (χ0) is 20.8. The van der Waals surface area contributed by atoms with Crippen molar-refractivity contribution in [1.29, 1.82) is 0 Å². The summed E-state index contributed by atoms with van der Waals surface area (Å²) in [6, 6.07) is 9.69. The van der Waals surface area contributed by atoms with Crippen LogP contribution in [0.5, 0.6) is 5.75 Å². The van der Waals surface area contributed by atoms with E-state index < -0.39 is 10.8 Å². The van der Waals surface area contributed by atoms with Crippen LogP contribution in [0.1, 0.15) is 28.4 Å². The minimum Gasteiger partial charge on any atom is -0.487 e. The van der Waals surface area contributed by atoms with Gasteiger partial charge in [0, 0.05) is 24.4 Å². The summed E-state index contributed by atoms with van der Waals surface area (Å²) in [6.45, 7) is 5.59. The van der Waals surface area contributed by atoms with E-state index in [9.17, 15) is 19.7 Å². The molecule has 1 N–H and O–H groups in total. The third-order valence-corrected chi connectivity index (χ3v) is 4.10. The second-order valence-electron chi connectivity index (χ2n) is 6.40. The fourth-order valence-electron chi connectivity index (χ4n) is 2.64. The highest BCUT2D eigenvalue weighted by atomic mass is 16.6. The molecule has 0 fully saturated rings. The number of carbonyl (C=O) groups is 2. The highest BCUT2D eigenvalue weighted by Gasteiger charge is 2.21. The maximum absolute atomic E-state index is 12.6. The zero-order valence-corrected chi connectivity index (χ0v) is 16.3. The summed E-state index contributed by atoms with van der Waals surface area (Å²) < 4.78 is 5.21. The molecule has 0 aromatic heterocycles. The number of carbonyl (C=O) groups excluding carboxylic acids is 2. The molecule has 0 bridgehead atoms. The molecule has 8 nitrogen and oxygen atoms in total. The van der Waals surface area contributed by atoms with Crippen LogP contribution >= 0.6 is 0 Å². The Kier molecular flexibility index (Phi) is 6.70. The highest BCUT2D eigenvalue weighted by Crippen LogP contribution is 2.28. The number of hydrogen-bond acceptors (Lipinski definition) is 5. The molecule has 0 spiro atoms. The average Bonchev–Trinajstić information content (AvgIpc) is 2.64. The van der Waals surface area contributed by atoms with E-state index in [4.69, 9.17) is 4.74 Å². The van der Waals surface area contributed by atoms with Crippen molar-refractivity contribution in [1.82, 2.24) is 4.90 Å². The van der Waals surface area contributed by atoms with E-state index in [0.29, 0.717) is 5.69 Å². The lowest BCUT2D eigenvalue weighted by molar-refractivity contribution is -0.385. The SMILES string of the molecule is CCOc1ccc(C(=O)N(C)CC(=O)Nc2cc(C)ccc2C)cc1[N+](=O)[O-]. The van der Waals surface area contributed by atoms with Crippen LogP contribution in [0.4, 0.5) is 11.4 Å². The summed E-state index contributed by atoms with van der Waals surface area (Å²) in [6.07, 6.45) is 0. The van der Waals surface area contributed by atoms with Crippen LogP contribution < -0.4 is 10.1 Å². The average molecular weight is 385 g/mol. The largest absolute Gasteiger partial charge is 0.487 e. The van der Waals surface area contributed by atoms with Gasteiger partial charge in [0.05, 0.1) is 18.1 Å². The number of amides is 2. The summed E-state index contributed by atoms with van der Waals surface area (Å²) in [4.78, 5) is 36.7. The number of aryl methyl sites for hydroxylation is 2. The number of nitrogens with one attached hydrogen (secondary N) is 1. The van der Waals surface area contributed by atoms with Gasteiger partial charge in [0.1, 0.15) is 0 Å². The molecule has 2 aromatic carbocycles. The Hall–Kier alpha value is -3.42. The van der Waals surface area contributed by atoms with E-state index in [-0.39, 0.29) is 36.1 Å². The first-order valence-electron chi connectivity index (χ1n) is 8.76. The summed E-state index contributed by atoms with van der Waals surface area (Å²) in [5.41, 5.74) is 2.42. The monoisotopic (exact) mass is 385 g/mol. The van der Waals surface area contributed by atoms with Gasteiger partial charge in [0.15, 0.2) is 5.75 Å². The number of hydrogen-bond donors (Lipinski definition) is 1. The van der Waals surface area contributed by atoms with E-state index in [1.807, 2.05) is 32.0 Å². The fourth-order valence-corrected chi connectivity index (χ4v) is 2.64. The molecule has 0 unspecified atom stereocenters. The van der Waals surface area contributed by atoms with Crippen molar-refractivity contribution in [2.24, 2.45) is 0 Å². The molecule has 0 heterocycles. The molecule has 0 aliphatic carbocycles. The van der Waals surface area contributed by atoms with Crippen LogP contribution in [0.15, 0.2) is 36.4 Å². The molecule has 2 rings (SSSR count). The number of anilines is 1. The first-order valence-corrected chi connectivity index (χ1v) is 8.76. The van der Waals surface area contributed by atoms with Gasteiger partial charge in [-0.25, -0.2) is 0 Å². The van der Waals surface area contributed by atoms with Gasteiger partial charge in [-0.1, -0.05) is 12.1 Å². The number of nitro benzene ring substituents is 1. The number of ether oxygens (including phenoxy) is 1. The molecule has 2 amide bonds. The molecule has 2 aromatic rings. The standard InChI is InChI=1S/C20H23N3O5/c1-5-28-18-9-8-15(11-17(18)23(26)27)20(25)22(4)12-19(24)21-16-10-13(2)6-7-14(16)3/h6-11H,5,12H2,1-4H3,(H,21,24). The molecule has 0 saturated carbocycles. The highest BCUT2D eigenvalue weighted by molar-refractivity contribution is 6.00. The van der Waals surface area contributed by atoms with E-state index in [1.165, 1.54) is 24.1 Å². The van der Waals surface area contributed by atoms with Crippen LogP contribution in [0.2, 0.25) is 0 Å². The van der Waals surface area contributed by atoms with Crippen molar-refractivity contribution >= 4 is 23.2 Å². The van der Waals surface area contributed by atoms with Crippen molar-refractivity contribution in [3.63, 3.8) is 0 Å². The van der Waals surface area contributed by atoms with Gasteiger partial charge in [-0.3, -0.25) is 19.7 Å². The Morgan fingerprint density at radius 3 is 2.54 bits per heavy atom. The van der Waals surface area contributed by atoms with E-state index in [2.05, 4.69) is 5.32 Å². The van der Waals surface area contributed by atoms with Gasteiger partial charge < -0.3 is 15.0 Å². The zero-order valence-electron chi connectivity index (χ0n) is 16.3. The van der Waals surface area contributed by atoms with Gasteiger partial charge in [-0.2, -0.15) is 0 Å². The number of benzene rings is 2. The number of nitro groups is 1. The van der Waals surface area contributed by atoms with E-state index >= 15 is 0 Å². The normalized spacial score (nSPS) is 10.3. The third kappa shape index (κ3) is 5.06. The van der Waals surface area contributed by atoms with Crippen LogP contribution in [0.3, 0.4) is 0 Å². The lowest BCUT2D eigenvalue weighted by Gasteiger charge is -2.18. The predicted molar refractivity (Wildman–Crippen MR) is 106 cm³/mol. The molecule has 28 heavy (non-hydrogen) atoms. The van der Waals surface area contributed by atoms with Crippen molar-refractivity contribution in [2.75, 3.05) is 25.5 Å². The molecule has 8 heteroatoms. The lowest BCUT2D eigenvalue weighted by Crippen LogP contribution is -2.35. The summed E-state index contributed by atoms with van der Waals surface area (Å²) >= 11 is 0. The first-order chi connectivity index (χ1) is 13.2. The Labute approximate surface area is 163 Å². The van der Waals surface area contributed by atoms with Gasteiger partial charge in [-0.05, 0) is 50.1 Å². The first kappa shape index (κ1) is 20.9. The minimum atomic E-state index is -0.602. The van der Waals surface area contributed by atoms with Crippen molar-refractivity contribution in [3.8, 4) is 5.75 Å². The van der Waals surface area contributed by atoms with E-state index in [0.717, 1.165) is 17.2 Å². The molecular formula is C20H23N3O5. The number of rotatable bonds is 7. The van der Waals surface area contributed by atoms with Crippen LogP contribution in [-0.4, -0.2) is 41.8 Å². The van der Waals surface area contributed by atoms with Gasteiger partial charge in [0.25, 0.3) is 5.91 Å². The minimum absolute atomic E-state index is 0.0966. The topological polar surface area (TPSA) is 102 Å². The number of likely N-dealkylation sites (N-methyl/N-ethyl adjacent to an activating group) is 1. The molecule has 0 saturated heterocycles. The Morgan fingerprint density at radius 2 is 1.89 bits per heavy atom. The Morgan fingerprint density at radius 1 is 1.18 bits per heavy atom. The fraction of sp³-hybridized carbons (Fsp3) is 0.300. The second-order valence-corrected chi connectivity index (χ2v) is 6.40. The van der Waals surface area contributed by atoms with Crippen LogP contribution in [0.25, 0.3) is 0 Å². The maximum atomic E-state index is 12.6. The second kappa shape index (κ2) is 8.98. The van der Waals surface area contributed by atoms with Crippen molar-refractivity contribution in [3.05, 3.63) is 63.2 Å². The quantitative estimate of drug-likeness (QED) is 0.582. The predicted octanol–water partition coefficient (Wildman–Crippen LogP) is 3.32. The summed E-state index contributed by atoms with van der Waals surface area (Å²) in [7, 11) is 1.47. The summed E-state index contributed by atoms with van der Waals surface area (Å²) in [5, 5.41) is 14.0.